The van der Waals surface area contributed by atoms with Gasteiger partial charge >= 0.3 is 0 Å². The molecule has 2 aromatic carbocycles. The van der Waals surface area contributed by atoms with E-state index >= 15 is 4.39 Å². The molecule has 1 aliphatic carbocycles. The summed E-state index contributed by atoms with van der Waals surface area (Å²) < 4.78 is 52.6. The number of nitrogens with one attached hydrogen (secondary N) is 1. The van der Waals surface area contributed by atoms with Gasteiger partial charge in [-0.3, -0.25) is 4.79 Å². The predicted octanol–water partition coefficient (Wildman–Crippen LogP) is 3.92. The first-order chi connectivity index (χ1) is 17.4. The zero-order chi connectivity index (χ0) is 26.9. The minimum absolute atomic E-state index is 0.123. The van der Waals surface area contributed by atoms with E-state index in [0.29, 0.717) is 24.1 Å². The van der Waals surface area contributed by atoms with Gasteiger partial charge in [0, 0.05) is 17.7 Å². The van der Waals surface area contributed by atoms with Crippen molar-refractivity contribution in [1.82, 2.24) is 15.3 Å². The highest BCUT2D eigenvalue weighted by Gasteiger charge is 2.24. The van der Waals surface area contributed by atoms with Crippen LogP contribution >= 0.6 is 0 Å². The fraction of sp³-hybridized carbons (Fsp3) is 0.346. The number of nitrogens with zero attached hydrogens (tertiary/aromatic N) is 2. The standard InChI is InChI=1S/C26H28F2N4O4S/c1-14(17-9-18(27)12-20(10-17)37(2,35)36)31-26(34)21-8-5-16(11-22(21)28)24-25(29)30-13-23(32-24)15-3-6-19(33)7-4-15/h5,8-15,19,33H,3-4,6-7H2,1-2H3,(H2,29,30)(H,31,34)/t14-,15?,19?/m1/s1. The monoisotopic (exact) mass is 530 g/mol. The molecule has 0 radical (unpaired) electrons. The Morgan fingerprint density at radius 1 is 1.14 bits per heavy atom. The van der Waals surface area contributed by atoms with Crippen LogP contribution in [-0.4, -0.2) is 41.8 Å². The number of aliphatic hydroxyl groups is 1. The molecular formula is C26H28F2N4O4S. The molecular weight excluding hydrogens is 502 g/mol. The van der Waals surface area contributed by atoms with Crippen LogP contribution in [0.1, 0.15) is 66.2 Å². The maximum Gasteiger partial charge on any atom is 0.254 e. The van der Waals surface area contributed by atoms with Gasteiger partial charge < -0.3 is 16.2 Å². The summed E-state index contributed by atoms with van der Waals surface area (Å²) in [5.41, 5.74) is 7.36. The first-order valence-corrected chi connectivity index (χ1v) is 13.7. The van der Waals surface area contributed by atoms with Crippen molar-refractivity contribution < 1.29 is 27.1 Å². The molecule has 4 N–H and O–H groups in total. The lowest BCUT2D eigenvalue weighted by Crippen LogP contribution is -2.27. The fourth-order valence-electron chi connectivity index (χ4n) is 4.45. The van der Waals surface area contributed by atoms with E-state index in [1.165, 1.54) is 25.1 Å². The number of carbonyl (C=O) groups excluding carboxylic acids is 1. The van der Waals surface area contributed by atoms with E-state index in [9.17, 15) is 22.7 Å². The molecule has 11 heteroatoms. The van der Waals surface area contributed by atoms with Gasteiger partial charge in [-0.05, 0) is 68.5 Å². The maximum absolute atomic E-state index is 15.0. The zero-order valence-electron chi connectivity index (χ0n) is 20.4. The Bertz CT molecular complexity index is 1440. The molecule has 3 aromatic rings. The summed E-state index contributed by atoms with van der Waals surface area (Å²) in [4.78, 5) is 21.4. The summed E-state index contributed by atoms with van der Waals surface area (Å²) in [6.07, 6.45) is 5.13. The van der Waals surface area contributed by atoms with Crippen molar-refractivity contribution in [2.45, 2.75) is 55.6 Å². The zero-order valence-corrected chi connectivity index (χ0v) is 21.2. The summed E-state index contributed by atoms with van der Waals surface area (Å²) >= 11 is 0. The smallest absolute Gasteiger partial charge is 0.254 e. The number of hydrogen-bond acceptors (Lipinski definition) is 7. The van der Waals surface area contributed by atoms with Crippen LogP contribution in [0.25, 0.3) is 11.3 Å². The number of carbonyl (C=O) groups is 1. The molecule has 8 nitrogen and oxygen atoms in total. The van der Waals surface area contributed by atoms with E-state index in [0.717, 1.165) is 43.0 Å². The Kier molecular flexibility index (Phi) is 7.56. The van der Waals surface area contributed by atoms with Crippen LogP contribution in [0.5, 0.6) is 0 Å². The van der Waals surface area contributed by atoms with E-state index in [4.69, 9.17) is 5.73 Å². The topological polar surface area (TPSA) is 135 Å². The molecule has 1 atom stereocenters. The molecule has 1 heterocycles. The van der Waals surface area contributed by atoms with Gasteiger partial charge in [0.2, 0.25) is 0 Å². The summed E-state index contributed by atoms with van der Waals surface area (Å²) in [6, 6.07) is 6.44. The third-order valence-electron chi connectivity index (χ3n) is 6.59. The Morgan fingerprint density at radius 3 is 2.49 bits per heavy atom. The number of benzene rings is 2. The molecule has 1 fully saturated rings. The predicted molar refractivity (Wildman–Crippen MR) is 134 cm³/mol. The summed E-state index contributed by atoms with van der Waals surface area (Å²) in [5.74, 6) is -2.09. The van der Waals surface area contributed by atoms with Crippen molar-refractivity contribution in [1.29, 1.82) is 0 Å². The van der Waals surface area contributed by atoms with E-state index in [2.05, 4.69) is 15.3 Å². The number of halogens is 2. The van der Waals surface area contributed by atoms with Crippen molar-refractivity contribution in [3.05, 3.63) is 71.1 Å². The number of rotatable bonds is 6. The first-order valence-electron chi connectivity index (χ1n) is 11.8. The van der Waals surface area contributed by atoms with Crippen molar-refractivity contribution in [3.8, 4) is 11.3 Å². The summed E-state index contributed by atoms with van der Waals surface area (Å²) in [7, 11) is -3.66. The molecule has 196 valence electrons. The number of nitrogen functional groups attached to an aromatic ring is 1. The molecule has 0 saturated heterocycles. The highest BCUT2D eigenvalue weighted by Crippen LogP contribution is 2.34. The maximum atomic E-state index is 15.0. The lowest BCUT2D eigenvalue weighted by Gasteiger charge is -2.25. The Labute approximate surface area is 213 Å². The Morgan fingerprint density at radius 2 is 1.84 bits per heavy atom. The van der Waals surface area contributed by atoms with Gasteiger partial charge in [0.1, 0.15) is 23.1 Å². The average Bonchev–Trinajstić information content (AvgIpc) is 2.84. The third kappa shape index (κ3) is 6.11. The van der Waals surface area contributed by atoms with Gasteiger partial charge in [-0.1, -0.05) is 6.07 Å². The Balaban J connectivity index is 1.54. The van der Waals surface area contributed by atoms with Gasteiger partial charge in [-0.15, -0.1) is 0 Å². The van der Waals surface area contributed by atoms with Crippen LogP contribution in [0.15, 0.2) is 47.5 Å². The van der Waals surface area contributed by atoms with Crippen LogP contribution in [0.4, 0.5) is 14.6 Å². The molecule has 1 amide bonds. The van der Waals surface area contributed by atoms with Gasteiger partial charge in [0.25, 0.3) is 5.91 Å². The molecule has 0 bridgehead atoms. The van der Waals surface area contributed by atoms with E-state index < -0.39 is 33.4 Å². The van der Waals surface area contributed by atoms with Crippen LogP contribution in [0, 0.1) is 11.6 Å². The number of amides is 1. The van der Waals surface area contributed by atoms with Gasteiger partial charge in [-0.25, -0.2) is 27.2 Å². The van der Waals surface area contributed by atoms with Gasteiger partial charge in [-0.2, -0.15) is 0 Å². The largest absolute Gasteiger partial charge is 0.393 e. The average molecular weight is 531 g/mol. The first kappa shape index (κ1) is 26.6. The molecule has 1 aliphatic rings. The number of sulfone groups is 1. The normalized spacial score (nSPS) is 18.8. The van der Waals surface area contributed by atoms with Crippen LogP contribution in [-0.2, 0) is 9.84 Å². The lowest BCUT2D eigenvalue weighted by atomic mass is 9.85. The quantitative estimate of drug-likeness (QED) is 0.440. The van der Waals surface area contributed by atoms with Crippen LogP contribution in [0.3, 0.4) is 0 Å². The second kappa shape index (κ2) is 10.5. The van der Waals surface area contributed by atoms with E-state index in [1.807, 2.05) is 0 Å². The van der Waals surface area contributed by atoms with Crippen molar-refractivity contribution in [2.24, 2.45) is 0 Å². The number of aliphatic hydroxyl groups excluding tert-OH is 1. The van der Waals surface area contributed by atoms with Crippen molar-refractivity contribution >= 4 is 21.6 Å². The number of aromatic nitrogens is 2. The second-order valence-electron chi connectivity index (χ2n) is 9.42. The van der Waals surface area contributed by atoms with Crippen molar-refractivity contribution in [3.63, 3.8) is 0 Å². The Hall–Kier alpha value is -3.44. The molecule has 37 heavy (non-hydrogen) atoms. The minimum Gasteiger partial charge on any atom is -0.393 e. The molecule has 0 unspecified atom stereocenters. The van der Waals surface area contributed by atoms with E-state index in [-0.39, 0.29) is 33.9 Å². The molecule has 4 rings (SSSR count). The number of nitrogens with two attached hydrogens (primary N) is 1. The molecule has 1 saturated carbocycles. The summed E-state index contributed by atoms with van der Waals surface area (Å²) in [6.45, 7) is 1.54. The van der Waals surface area contributed by atoms with Crippen molar-refractivity contribution in [2.75, 3.05) is 12.0 Å². The van der Waals surface area contributed by atoms with Gasteiger partial charge in [0.05, 0.1) is 34.5 Å². The van der Waals surface area contributed by atoms with E-state index in [1.54, 1.807) is 6.20 Å². The molecule has 0 spiro atoms. The number of anilines is 1. The lowest BCUT2D eigenvalue weighted by molar-refractivity contribution is 0.0935. The van der Waals surface area contributed by atoms with Crippen LogP contribution in [0.2, 0.25) is 0 Å². The molecule has 1 aromatic heterocycles. The fourth-order valence-corrected chi connectivity index (χ4v) is 5.12. The molecule has 0 aliphatic heterocycles. The minimum atomic E-state index is -3.66. The number of hydrogen-bond donors (Lipinski definition) is 3. The highest BCUT2D eigenvalue weighted by molar-refractivity contribution is 7.90. The SMILES string of the molecule is C[C@@H](NC(=O)c1ccc(-c2nc(C3CCC(O)CC3)cnc2N)cc1F)c1cc(F)cc(S(C)(=O)=O)c1. The summed E-state index contributed by atoms with van der Waals surface area (Å²) in [5, 5.41) is 12.3. The van der Waals surface area contributed by atoms with Crippen LogP contribution < -0.4 is 11.1 Å². The highest BCUT2D eigenvalue weighted by atomic mass is 32.2. The second-order valence-corrected chi connectivity index (χ2v) is 11.4. The third-order valence-corrected chi connectivity index (χ3v) is 7.68. The van der Waals surface area contributed by atoms with Gasteiger partial charge in [0.15, 0.2) is 9.84 Å².